The molecule has 0 bridgehead atoms. The SMILES string of the molecule is CC1=NC(Cl)C2=C(CCSC2)N1. The van der Waals surface area contributed by atoms with Gasteiger partial charge < -0.3 is 5.32 Å². The van der Waals surface area contributed by atoms with Crippen molar-refractivity contribution >= 4 is 29.2 Å². The van der Waals surface area contributed by atoms with Gasteiger partial charge in [0.25, 0.3) is 0 Å². The Kier molecular flexibility index (Phi) is 2.33. The molecular formula is C8H11ClN2S. The normalized spacial score (nSPS) is 29.2. The van der Waals surface area contributed by atoms with E-state index in [1.165, 1.54) is 17.0 Å². The van der Waals surface area contributed by atoms with Crippen LogP contribution in [0.2, 0.25) is 0 Å². The van der Waals surface area contributed by atoms with Gasteiger partial charge in [0.1, 0.15) is 5.50 Å². The molecule has 4 heteroatoms. The summed E-state index contributed by atoms with van der Waals surface area (Å²) < 4.78 is 0. The fraction of sp³-hybridized carbons (Fsp3) is 0.625. The van der Waals surface area contributed by atoms with E-state index < -0.39 is 0 Å². The first kappa shape index (κ1) is 8.45. The van der Waals surface area contributed by atoms with Crippen LogP contribution >= 0.6 is 23.4 Å². The molecule has 2 nitrogen and oxygen atoms in total. The van der Waals surface area contributed by atoms with E-state index in [-0.39, 0.29) is 5.50 Å². The van der Waals surface area contributed by atoms with Gasteiger partial charge in [0.15, 0.2) is 0 Å². The lowest BCUT2D eigenvalue weighted by Crippen LogP contribution is -2.31. The van der Waals surface area contributed by atoms with Crippen LogP contribution in [-0.2, 0) is 0 Å². The molecule has 0 amide bonds. The van der Waals surface area contributed by atoms with Crippen LogP contribution in [0.4, 0.5) is 0 Å². The van der Waals surface area contributed by atoms with Gasteiger partial charge in [0, 0.05) is 11.4 Å². The molecule has 2 aliphatic rings. The van der Waals surface area contributed by atoms with Crippen molar-refractivity contribution < 1.29 is 0 Å². The van der Waals surface area contributed by atoms with Gasteiger partial charge >= 0.3 is 0 Å². The molecule has 0 spiro atoms. The molecule has 2 aliphatic heterocycles. The average Bonchev–Trinajstić information content (AvgIpc) is 2.04. The Hall–Kier alpha value is -0.150. The van der Waals surface area contributed by atoms with Crippen molar-refractivity contribution in [1.29, 1.82) is 0 Å². The van der Waals surface area contributed by atoms with Crippen LogP contribution in [0.25, 0.3) is 0 Å². The molecule has 0 aromatic carbocycles. The lowest BCUT2D eigenvalue weighted by molar-refractivity contribution is 0.847. The Morgan fingerprint density at radius 1 is 1.67 bits per heavy atom. The maximum absolute atomic E-state index is 6.09. The molecule has 2 rings (SSSR count). The second-order valence-corrected chi connectivity index (χ2v) is 4.50. The smallest absolute Gasteiger partial charge is 0.149 e. The largest absolute Gasteiger partial charge is 0.348 e. The Labute approximate surface area is 81.5 Å². The predicted molar refractivity (Wildman–Crippen MR) is 54.9 cm³/mol. The maximum atomic E-state index is 6.09. The van der Waals surface area contributed by atoms with Crippen molar-refractivity contribution in [2.24, 2.45) is 4.99 Å². The summed E-state index contributed by atoms with van der Waals surface area (Å²) in [7, 11) is 0. The van der Waals surface area contributed by atoms with Crippen molar-refractivity contribution in [2.45, 2.75) is 18.8 Å². The van der Waals surface area contributed by atoms with Gasteiger partial charge in [-0.15, -0.1) is 0 Å². The highest BCUT2D eigenvalue weighted by Gasteiger charge is 2.23. The summed E-state index contributed by atoms with van der Waals surface area (Å²) in [5.41, 5.74) is 2.47. The van der Waals surface area contributed by atoms with E-state index in [0.717, 1.165) is 18.0 Å². The van der Waals surface area contributed by atoms with E-state index in [2.05, 4.69) is 10.3 Å². The lowest BCUT2D eigenvalue weighted by Gasteiger charge is -2.27. The zero-order valence-corrected chi connectivity index (χ0v) is 8.50. The summed E-state index contributed by atoms with van der Waals surface area (Å²) in [5.74, 6) is 3.18. The summed E-state index contributed by atoms with van der Waals surface area (Å²) >= 11 is 8.02. The molecule has 0 aliphatic carbocycles. The molecule has 0 aromatic heterocycles. The molecule has 0 saturated heterocycles. The van der Waals surface area contributed by atoms with Gasteiger partial charge in [-0.05, 0) is 24.7 Å². The second kappa shape index (κ2) is 3.30. The number of hydrogen-bond donors (Lipinski definition) is 1. The number of hydrogen-bond acceptors (Lipinski definition) is 3. The van der Waals surface area contributed by atoms with Gasteiger partial charge in [-0.3, -0.25) is 0 Å². The van der Waals surface area contributed by atoms with Crippen LogP contribution in [0.3, 0.4) is 0 Å². The van der Waals surface area contributed by atoms with Crippen LogP contribution in [0, 0.1) is 0 Å². The number of amidine groups is 1. The number of halogens is 1. The van der Waals surface area contributed by atoms with E-state index in [4.69, 9.17) is 11.6 Å². The number of alkyl halides is 1. The Bertz CT molecular complexity index is 260. The molecule has 66 valence electrons. The minimum absolute atomic E-state index is 0.117. The standard InChI is InChI=1S/C8H11ClN2S/c1-5-10-7-2-3-12-4-6(7)8(9)11-5/h8H,2-4H2,1H3,(H,10,11). The van der Waals surface area contributed by atoms with Crippen LogP contribution in [-0.4, -0.2) is 22.8 Å². The van der Waals surface area contributed by atoms with E-state index in [1.807, 2.05) is 18.7 Å². The van der Waals surface area contributed by atoms with E-state index in [1.54, 1.807) is 0 Å². The zero-order valence-electron chi connectivity index (χ0n) is 6.93. The third-order valence-electron chi connectivity index (χ3n) is 2.07. The zero-order chi connectivity index (χ0) is 8.55. The topological polar surface area (TPSA) is 24.4 Å². The van der Waals surface area contributed by atoms with Crippen molar-refractivity contribution in [3.63, 3.8) is 0 Å². The summed E-state index contributed by atoms with van der Waals surface area (Å²) in [6, 6.07) is 0. The first-order valence-corrected chi connectivity index (χ1v) is 5.61. The molecule has 2 heterocycles. The molecule has 0 aromatic rings. The minimum Gasteiger partial charge on any atom is -0.348 e. The summed E-state index contributed by atoms with van der Waals surface area (Å²) in [6.07, 6.45) is 1.11. The number of allylic oxidation sites excluding steroid dienone is 1. The summed E-state index contributed by atoms with van der Waals surface area (Å²) in [4.78, 5) is 4.27. The Balaban J connectivity index is 2.25. The van der Waals surface area contributed by atoms with Gasteiger partial charge in [-0.25, -0.2) is 4.99 Å². The monoisotopic (exact) mass is 202 g/mol. The van der Waals surface area contributed by atoms with E-state index in [9.17, 15) is 0 Å². The minimum atomic E-state index is -0.117. The molecule has 0 radical (unpaired) electrons. The van der Waals surface area contributed by atoms with E-state index >= 15 is 0 Å². The molecule has 1 atom stereocenters. The third kappa shape index (κ3) is 1.48. The van der Waals surface area contributed by atoms with Crippen LogP contribution < -0.4 is 5.32 Å². The van der Waals surface area contributed by atoms with Gasteiger partial charge in [0.05, 0.1) is 5.84 Å². The lowest BCUT2D eigenvalue weighted by atomic mass is 10.1. The highest BCUT2D eigenvalue weighted by atomic mass is 35.5. The van der Waals surface area contributed by atoms with Gasteiger partial charge in [-0.1, -0.05) is 11.6 Å². The Morgan fingerprint density at radius 2 is 2.50 bits per heavy atom. The third-order valence-corrected chi connectivity index (χ3v) is 3.44. The fourth-order valence-corrected chi connectivity index (χ4v) is 2.95. The number of rotatable bonds is 0. The van der Waals surface area contributed by atoms with Crippen molar-refractivity contribution in [2.75, 3.05) is 11.5 Å². The molecule has 1 N–H and O–H groups in total. The summed E-state index contributed by atoms with van der Waals surface area (Å²) in [5, 5.41) is 3.28. The fourth-order valence-electron chi connectivity index (χ4n) is 1.46. The summed E-state index contributed by atoms with van der Waals surface area (Å²) in [6.45, 7) is 1.96. The number of nitrogens with zero attached hydrogens (tertiary/aromatic N) is 1. The van der Waals surface area contributed by atoms with Crippen LogP contribution in [0.5, 0.6) is 0 Å². The average molecular weight is 203 g/mol. The van der Waals surface area contributed by atoms with E-state index in [0.29, 0.717) is 0 Å². The molecular weight excluding hydrogens is 192 g/mol. The van der Waals surface area contributed by atoms with Gasteiger partial charge in [-0.2, -0.15) is 11.8 Å². The Morgan fingerprint density at radius 3 is 3.33 bits per heavy atom. The van der Waals surface area contributed by atoms with Crippen molar-refractivity contribution in [1.82, 2.24) is 5.32 Å². The van der Waals surface area contributed by atoms with Crippen LogP contribution in [0.1, 0.15) is 13.3 Å². The second-order valence-electron chi connectivity index (χ2n) is 2.98. The molecule has 0 saturated carbocycles. The maximum Gasteiger partial charge on any atom is 0.149 e. The van der Waals surface area contributed by atoms with Crippen molar-refractivity contribution in [3.8, 4) is 0 Å². The first-order chi connectivity index (χ1) is 5.77. The molecule has 12 heavy (non-hydrogen) atoms. The van der Waals surface area contributed by atoms with Crippen LogP contribution in [0.15, 0.2) is 16.3 Å². The number of aliphatic imine (C=N–C) groups is 1. The van der Waals surface area contributed by atoms with Gasteiger partial charge in [0.2, 0.25) is 0 Å². The predicted octanol–water partition coefficient (Wildman–Crippen LogP) is 1.96. The number of nitrogens with one attached hydrogen (secondary N) is 1. The first-order valence-electron chi connectivity index (χ1n) is 4.02. The highest BCUT2D eigenvalue weighted by Crippen LogP contribution is 2.29. The highest BCUT2D eigenvalue weighted by molar-refractivity contribution is 7.99. The molecule has 1 unspecified atom stereocenters. The molecule has 0 fully saturated rings. The number of thioether (sulfide) groups is 1. The quantitative estimate of drug-likeness (QED) is 0.480. The van der Waals surface area contributed by atoms with Crippen molar-refractivity contribution in [3.05, 3.63) is 11.3 Å².